The van der Waals surface area contributed by atoms with Crippen LogP contribution in [0.3, 0.4) is 0 Å². The van der Waals surface area contributed by atoms with Crippen molar-refractivity contribution in [3.05, 3.63) is 35.6 Å². The standard InChI is InChI=1S/C31H49N6O2.Y/c1-7-39-21-27-34-28-29(37(27)19-22(2)20-38)25-11-10-24(17-26(25)33-30(28)32)9-8-12-35-13-15-36(16-14-35)23(3)18-31(4,5)6;/h10-11,17,22,38H,7-9,12-16,18-21H2,1-6H3,(H2,32,33);/q-1;. The molecule has 8 nitrogen and oxygen atoms in total. The molecule has 1 fully saturated rings. The molecule has 40 heavy (non-hydrogen) atoms. The molecule has 1 saturated heterocycles. The normalized spacial score (nSPS) is 16.2. The molecule has 2 aromatic heterocycles. The molecule has 1 atom stereocenters. The first kappa shape index (κ1) is 33.3. The zero-order valence-electron chi connectivity index (χ0n) is 25.5. The summed E-state index contributed by atoms with van der Waals surface area (Å²) < 4.78 is 7.85. The number of nitrogens with zero attached hydrogens (tertiary/aromatic N) is 5. The van der Waals surface area contributed by atoms with Crippen LogP contribution in [0.5, 0.6) is 0 Å². The van der Waals surface area contributed by atoms with Crippen LogP contribution >= 0.6 is 0 Å². The van der Waals surface area contributed by atoms with Crippen LogP contribution < -0.4 is 5.73 Å². The van der Waals surface area contributed by atoms with E-state index in [1.807, 2.05) is 13.8 Å². The Morgan fingerprint density at radius 2 is 1.88 bits per heavy atom. The van der Waals surface area contributed by atoms with Crippen LogP contribution in [0.25, 0.3) is 21.9 Å². The van der Waals surface area contributed by atoms with Gasteiger partial charge in [0.15, 0.2) is 5.82 Å². The number of imidazole rings is 1. The number of nitrogen functional groups attached to an aromatic ring is 1. The molecule has 4 rings (SSSR count). The first-order chi connectivity index (χ1) is 18.6. The summed E-state index contributed by atoms with van der Waals surface area (Å²) in [6.45, 7) is 20.7. The third-order valence-electron chi connectivity index (χ3n) is 7.73. The number of aryl methyl sites for hydroxylation is 1. The van der Waals surface area contributed by atoms with Gasteiger partial charge in [-0.15, -0.1) is 0 Å². The number of anilines is 1. The molecule has 3 heterocycles. The van der Waals surface area contributed by atoms with Gasteiger partial charge >= 0.3 is 0 Å². The Morgan fingerprint density at radius 3 is 2.52 bits per heavy atom. The number of ether oxygens (including phenoxy) is 1. The molecule has 3 N–H and O–H groups in total. The number of aliphatic hydroxyl groups is 1. The van der Waals surface area contributed by atoms with E-state index >= 15 is 0 Å². The van der Waals surface area contributed by atoms with Crippen molar-refractivity contribution in [2.24, 2.45) is 11.3 Å². The largest absolute Gasteiger partial charge is 0.452 e. The van der Waals surface area contributed by atoms with Crippen LogP contribution in [0, 0.1) is 17.4 Å². The van der Waals surface area contributed by atoms with Gasteiger partial charge in [0, 0.05) is 70.9 Å². The van der Waals surface area contributed by atoms with Crippen LogP contribution in [0.4, 0.5) is 5.82 Å². The molecular weight excluding hydrogens is 577 g/mol. The Kier molecular flexibility index (Phi) is 12.4. The van der Waals surface area contributed by atoms with Crippen molar-refractivity contribution in [3.63, 3.8) is 0 Å². The fourth-order valence-electron chi connectivity index (χ4n) is 5.77. The number of benzene rings is 1. The van der Waals surface area contributed by atoms with E-state index in [1.54, 1.807) is 0 Å². The first-order valence-corrected chi connectivity index (χ1v) is 14.6. The van der Waals surface area contributed by atoms with Gasteiger partial charge in [0.1, 0.15) is 17.9 Å². The number of rotatable bonds is 12. The van der Waals surface area contributed by atoms with Gasteiger partial charge in [-0.05, 0) is 56.9 Å². The summed E-state index contributed by atoms with van der Waals surface area (Å²) in [6, 6.07) is 8.09. The van der Waals surface area contributed by atoms with E-state index in [4.69, 9.17) is 20.4 Å². The van der Waals surface area contributed by atoms with Crippen LogP contribution in [0.2, 0.25) is 0 Å². The van der Waals surface area contributed by atoms with E-state index in [1.165, 1.54) is 11.6 Å². The topological polar surface area (TPSA) is 92.7 Å². The minimum Gasteiger partial charge on any atom is -0.452 e. The smallest absolute Gasteiger partial charge is 0.152 e. The van der Waals surface area contributed by atoms with Crippen LogP contribution in [-0.4, -0.2) is 75.4 Å². The predicted molar refractivity (Wildman–Crippen MR) is 160 cm³/mol. The molecule has 0 aliphatic carbocycles. The van der Waals surface area contributed by atoms with Gasteiger partial charge < -0.3 is 29.9 Å². The maximum Gasteiger partial charge on any atom is 0.152 e. The van der Waals surface area contributed by atoms with Gasteiger partial charge in [-0.1, -0.05) is 45.2 Å². The number of pyridine rings is 1. The number of piperazine rings is 1. The van der Waals surface area contributed by atoms with Crippen molar-refractivity contribution in [1.29, 1.82) is 0 Å². The average molecular weight is 627 g/mol. The molecule has 0 bridgehead atoms. The zero-order chi connectivity index (χ0) is 28.2. The quantitative estimate of drug-likeness (QED) is 0.277. The Balaban J connectivity index is 0.00000441. The van der Waals surface area contributed by atoms with Gasteiger partial charge in [-0.25, -0.2) is 9.97 Å². The van der Waals surface area contributed by atoms with E-state index in [-0.39, 0.29) is 45.2 Å². The van der Waals surface area contributed by atoms with E-state index in [9.17, 15) is 5.11 Å². The average Bonchev–Trinajstić information content (AvgIpc) is 3.25. The van der Waals surface area contributed by atoms with Crippen LogP contribution in [-0.2, 0) is 57.0 Å². The van der Waals surface area contributed by atoms with Crippen molar-refractivity contribution in [3.8, 4) is 0 Å². The molecule has 0 spiro atoms. The molecule has 9 heteroatoms. The predicted octanol–water partition coefficient (Wildman–Crippen LogP) is 4.87. The van der Waals surface area contributed by atoms with E-state index in [0.717, 1.165) is 74.2 Å². The maximum absolute atomic E-state index is 9.72. The van der Waals surface area contributed by atoms with Crippen molar-refractivity contribution in [2.45, 2.75) is 74.0 Å². The summed E-state index contributed by atoms with van der Waals surface area (Å²) in [4.78, 5) is 14.7. The second-order valence-corrected chi connectivity index (χ2v) is 12.5. The Bertz CT molecular complexity index is 1230. The molecule has 1 radical (unpaired) electrons. The maximum atomic E-state index is 9.72. The molecule has 1 unspecified atom stereocenters. The van der Waals surface area contributed by atoms with Crippen molar-refractivity contribution in [1.82, 2.24) is 24.3 Å². The third kappa shape index (κ3) is 8.45. The van der Waals surface area contributed by atoms with Crippen molar-refractivity contribution < 1.29 is 42.6 Å². The van der Waals surface area contributed by atoms with Gasteiger partial charge in [0.2, 0.25) is 0 Å². The summed E-state index contributed by atoms with van der Waals surface area (Å²) in [5.74, 6) is 1.36. The number of aliphatic hydroxyl groups excluding tert-OH is 1. The summed E-state index contributed by atoms with van der Waals surface area (Å²) in [5, 5.41) is 10.8. The van der Waals surface area contributed by atoms with E-state index in [0.29, 0.717) is 36.5 Å². The summed E-state index contributed by atoms with van der Waals surface area (Å²) >= 11 is 0. The molecule has 219 valence electrons. The molecule has 1 aliphatic heterocycles. The third-order valence-corrected chi connectivity index (χ3v) is 7.73. The summed E-state index contributed by atoms with van der Waals surface area (Å²) in [7, 11) is 0. The van der Waals surface area contributed by atoms with Gasteiger partial charge in [-0.2, -0.15) is 13.3 Å². The van der Waals surface area contributed by atoms with Crippen LogP contribution in [0.1, 0.15) is 65.8 Å². The number of hydrogen-bond acceptors (Lipinski definition) is 7. The SMILES string of the molecule is CCOCc1nc2c(N)nc3cc(CCCN4CCN([C-](C)CC(C)(C)C)CC4)ccc3c2n1CC(C)CO.[Y]. The van der Waals surface area contributed by atoms with Gasteiger partial charge in [-0.3, -0.25) is 6.04 Å². The van der Waals surface area contributed by atoms with Crippen molar-refractivity contribution in [2.75, 3.05) is 51.7 Å². The van der Waals surface area contributed by atoms with Crippen molar-refractivity contribution >= 4 is 27.8 Å². The first-order valence-electron chi connectivity index (χ1n) is 14.6. The van der Waals surface area contributed by atoms with E-state index < -0.39 is 0 Å². The van der Waals surface area contributed by atoms with Crippen LogP contribution in [0.15, 0.2) is 18.2 Å². The van der Waals surface area contributed by atoms with Gasteiger partial charge in [0.25, 0.3) is 0 Å². The monoisotopic (exact) mass is 626 g/mol. The summed E-state index contributed by atoms with van der Waals surface area (Å²) in [5.41, 5.74) is 10.6. The zero-order valence-corrected chi connectivity index (χ0v) is 28.4. The number of hydrogen-bond donors (Lipinski definition) is 2. The Labute approximate surface area is 265 Å². The molecule has 1 aromatic carbocycles. The minimum absolute atomic E-state index is 0. The molecular formula is C31H49N6O2Y-. The fourth-order valence-corrected chi connectivity index (χ4v) is 5.77. The molecule has 3 aromatic rings. The number of fused-ring (bicyclic) bond motifs is 3. The molecule has 0 amide bonds. The molecule has 0 saturated carbocycles. The van der Waals surface area contributed by atoms with Gasteiger partial charge in [0.05, 0.1) is 11.0 Å². The summed E-state index contributed by atoms with van der Waals surface area (Å²) in [6.07, 6.45) is 3.30. The Morgan fingerprint density at radius 1 is 1.15 bits per heavy atom. The second-order valence-electron chi connectivity index (χ2n) is 12.5. The number of aromatic nitrogens is 3. The Hall–Kier alpha value is -1.16. The fraction of sp³-hybridized carbons (Fsp3) is 0.645. The minimum atomic E-state index is 0. The molecule has 1 aliphatic rings. The second kappa shape index (κ2) is 14.8. The number of nitrogens with two attached hydrogens (primary N) is 1. The van der Waals surface area contributed by atoms with E-state index in [2.05, 4.69) is 60.3 Å².